The van der Waals surface area contributed by atoms with Crippen LogP contribution in [0.5, 0.6) is 0 Å². The SMILES string of the molecule is CC(C)(C)OC(=O)NCC1CCN(c2ccc(NCC(=O)OCc3ccccc3)cc2F)C1. The van der Waals surface area contributed by atoms with Crippen LogP contribution >= 0.6 is 0 Å². The predicted molar refractivity (Wildman–Crippen MR) is 126 cm³/mol. The lowest BCUT2D eigenvalue weighted by atomic mass is 10.1. The number of carbonyl (C=O) groups excluding carboxylic acids is 2. The van der Waals surface area contributed by atoms with Gasteiger partial charge in [0.2, 0.25) is 0 Å². The first kappa shape index (κ1) is 24.4. The van der Waals surface area contributed by atoms with E-state index in [1.54, 1.807) is 12.1 Å². The minimum atomic E-state index is -0.538. The maximum atomic E-state index is 14.7. The minimum Gasteiger partial charge on any atom is -0.460 e. The third-order valence-electron chi connectivity index (χ3n) is 5.19. The molecule has 8 heteroatoms. The van der Waals surface area contributed by atoms with E-state index < -0.39 is 17.7 Å². The fourth-order valence-electron chi connectivity index (χ4n) is 3.60. The van der Waals surface area contributed by atoms with Crippen molar-refractivity contribution >= 4 is 23.4 Å². The van der Waals surface area contributed by atoms with Crippen molar-refractivity contribution in [2.45, 2.75) is 39.4 Å². The third-order valence-corrected chi connectivity index (χ3v) is 5.19. The van der Waals surface area contributed by atoms with Crippen LogP contribution in [0.4, 0.5) is 20.6 Å². The lowest BCUT2D eigenvalue weighted by Crippen LogP contribution is -2.36. The normalized spacial score (nSPS) is 15.8. The van der Waals surface area contributed by atoms with Crippen molar-refractivity contribution in [1.82, 2.24) is 5.32 Å². The van der Waals surface area contributed by atoms with Crippen LogP contribution in [-0.4, -0.2) is 43.8 Å². The number of amides is 1. The summed E-state index contributed by atoms with van der Waals surface area (Å²) in [4.78, 5) is 25.7. The molecule has 1 amide bonds. The maximum Gasteiger partial charge on any atom is 0.407 e. The Kier molecular flexibility index (Phi) is 8.14. The number of rotatable bonds is 8. The lowest BCUT2D eigenvalue weighted by molar-refractivity contribution is -0.142. The number of alkyl carbamates (subject to hydrolysis) is 1. The maximum absolute atomic E-state index is 14.7. The smallest absolute Gasteiger partial charge is 0.407 e. The van der Waals surface area contributed by atoms with Gasteiger partial charge in [0.05, 0.1) is 5.69 Å². The molecule has 1 aliphatic rings. The zero-order chi connectivity index (χ0) is 23.8. The molecule has 0 spiro atoms. The van der Waals surface area contributed by atoms with Crippen molar-refractivity contribution in [3.8, 4) is 0 Å². The van der Waals surface area contributed by atoms with E-state index in [0.29, 0.717) is 31.0 Å². The molecular weight excluding hydrogens is 425 g/mol. The van der Waals surface area contributed by atoms with Crippen molar-refractivity contribution in [2.24, 2.45) is 5.92 Å². The average Bonchev–Trinajstić information content (AvgIpc) is 3.23. The molecule has 1 fully saturated rings. The summed E-state index contributed by atoms with van der Waals surface area (Å²) in [6.07, 6.45) is 0.410. The van der Waals surface area contributed by atoms with E-state index in [9.17, 15) is 14.0 Å². The number of nitrogens with one attached hydrogen (secondary N) is 2. The first-order chi connectivity index (χ1) is 15.7. The second kappa shape index (κ2) is 11.0. The van der Waals surface area contributed by atoms with Gasteiger partial charge in [-0.3, -0.25) is 4.79 Å². The van der Waals surface area contributed by atoms with Gasteiger partial charge in [0, 0.05) is 25.3 Å². The summed E-state index contributed by atoms with van der Waals surface area (Å²) in [5, 5.41) is 5.69. The van der Waals surface area contributed by atoms with Crippen molar-refractivity contribution in [3.05, 3.63) is 59.9 Å². The number of benzene rings is 2. The number of esters is 1. The second-order valence-corrected chi connectivity index (χ2v) is 9.15. The van der Waals surface area contributed by atoms with Crippen molar-refractivity contribution in [2.75, 3.05) is 36.4 Å². The number of ether oxygens (including phenoxy) is 2. The first-order valence-electron chi connectivity index (χ1n) is 11.1. The van der Waals surface area contributed by atoms with Gasteiger partial charge in [-0.25, -0.2) is 9.18 Å². The van der Waals surface area contributed by atoms with Crippen molar-refractivity contribution in [1.29, 1.82) is 0 Å². The Morgan fingerprint density at radius 3 is 2.61 bits per heavy atom. The van der Waals surface area contributed by atoms with Gasteiger partial charge in [-0.05, 0) is 56.9 Å². The molecule has 0 saturated carbocycles. The molecule has 1 heterocycles. The van der Waals surface area contributed by atoms with E-state index in [0.717, 1.165) is 12.0 Å². The highest BCUT2D eigenvalue weighted by Gasteiger charge is 2.26. The van der Waals surface area contributed by atoms with Gasteiger partial charge < -0.3 is 25.0 Å². The van der Waals surface area contributed by atoms with Crippen molar-refractivity contribution < 1.29 is 23.5 Å². The summed E-state index contributed by atoms with van der Waals surface area (Å²) in [5.74, 6) is -0.560. The summed E-state index contributed by atoms with van der Waals surface area (Å²) in [6, 6.07) is 14.3. The average molecular weight is 458 g/mol. The van der Waals surface area contributed by atoms with Gasteiger partial charge in [0.25, 0.3) is 0 Å². The molecule has 1 unspecified atom stereocenters. The number of hydrogen-bond donors (Lipinski definition) is 2. The monoisotopic (exact) mass is 457 g/mol. The molecule has 1 aliphatic heterocycles. The molecule has 3 rings (SSSR count). The fourth-order valence-corrected chi connectivity index (χ4v) is 3.60. The van der Waals surface area contributed by atoms with E-state index in [1.165, 1.54) is 6.07 Å². The van der Waals surface area contributed by atoms with Crippen LogP contribution in [0.2, 0.25) is 0 Å². The van der Waals surface area contributed by atoms with Gasteiger partial charge in [-0.1, -0.05) is 30.3 Å². The molecule has 2 aromatic rings. The van der Waals surface area contributed by atoms with Crippen LogP contribution in [0.1, 0.15) is 32.8 Å². The van der Waals surface area contributed by atoms with E-state index in [-0.39, 0.29) is 24.9 Å². The van der Waals surface area contributed by atoms with Gasteiger partial charge >= 0.3 is 12.1 Å². The molecule has 2 aromatic carbocycles. The van der Waals surface area contributed by atoms with Crippen LogP contribution in [0.15, 0.2) is 48.5 Å². The molecule has 0 radical (unpaired) electrons. The highest BCUT2D eigenvalue weighted by Crippen LogP contribution is 2.28. The summed E-state index contributed by atoms with van der Waals surface area (Å²) in [6.45, 7) is 7.44. The van der Waals surface area contributed by atoms with Gasteiger partial charge in [0.15, 0.2) is 0 Å². The number of carbonyl (C=O) groups is 2. The molecule has 7 nitrogen and oxygen atoms in total. The Morgan fingerprint density at radius 2 is 1.91 bits per heavy atom. The van der Waals surface area contributed by atoms with Crippen LogP contribution in [-0.2, 0) is 20.9 Å². The summed E-state index contributed by atoms with van der Waals surface area (Å²) < 4.78 is 25.2. The molecule has 0 aliphatic carbocycles. The highest BCUT2D eigenvalue weighted by atomic mass is 19.1. The molecule has 2 N–H and O–H groups in total. The van der Waals surface area contributed by atoms with E-state index >= 15 is 0 Å². The first-order valence-corrected chi connectivity index (χ1v) is 11.1. The summed E-state index contributed by atoms with van der Waals surface area (Å²) >= 11 is 0. The zero-order valence-corrected chi connectivity index (χ0v) is 19.4. The number of hydrogen-bond acceptors (Lipinski definition) is 6. The number of anilines is 2. The topological polar surface area (TPSA) is 79.9 Å². The van der Waals surface area contributed by atoms with Crippen LogP contribution in [0, 0.1) is 11.7 Å². The van der Waals surface area contributed by atoms with E-state index in [2.05, 4.69) is 10.6 Å². The highest BCUT2D eigenvalue weighted by molar-refractivity contribution is 5.75. The molecule has 1 saturated heterocycles. The third kappa shape index (κ3) is 7.97. The molecular formula is C25H32FN3O4. The van der Waals surface area contributed by atoms with Crippen LogP contribution in [0.3, 0.4) is 0 Å². The Labute approximate surface area is 194 Å². The quantitative estimate of drug-likeness (QED) is 0.575. The van der Waals surface area contributed by atoms with E-state index in [1.807, 2.05) is 56.0 Å². The predicted octanol–water partition coefficient (Wildman–Crippen LogP) is 4.33. The Hall–Kier alpha value is -3.29. The lowest BCUT2D eigenvalue weighted by Gasteiger charge is -2.22. The largest absolute Gasteiger partial charge is 0.460 e. The second-order valence-electron chi connectivity index (χ2n) is 9.15. The van der Waals surface area contributed by atoms with Crippen molar-refractivity contribution in [3.63, 3.8) is 0 Å². The van der Waals surface area contributed by atoms with E-state index in [4.69, 9.17) is 9.47 Å². The molecule has 33 heavy (non-hydrogen) atoms. The van der Waals surface area contributed by atoms with Gasteiger partial charge in [-0.2, -0.15) is 0 Å². The molecule has 1 atom stereocenters. The van der Waals surface area contributed by atoms with Gasteiger partial charge in [0.1, 0.15) is 24.6 Å². The Morgan fingerprint density at radius 1 is 1.15 bits per heavy atom. The van der Waals surface area contributed by atoms with Crippen LogP contribution in [0.25, 0.3) is 0 Å². The number of nitrogens with zero attached hydrogens (tertiary/aromatic N) is 1. The van der Waals surface area contributed by atoms with Crippen LogP contribution < -0.4 is 15.5 Å². The number of halogens is 1. The van der Waals surface area contributed by atoms with Gasteiger partial charge in [-0.15, -0.1) is 0 Å². The standard InChI is InChI=1S/C25H32FN3O4/c1-25(2,3)33-24(31)28-14-19-11-12-29(16-19)22-10-9-20(13-21(22)26)27-15-23(30)32-17-18-7-5-4-6-8-18/h4-10,13,19,27H,11-12,14-17H2,1-3H3,(H,28,31). The summed E-state index contributed by atoms with van der Waals surface area (Å²) in [7, 11) is 0. The summed E-state index contributed by atoms with van der Waals surface area (Å²) in [5.41, 5.74) is 1.39. The minimum absolute atomic E-state index is 0.0479. The zero-order valence-electron chi connectivity index (χ0n) is 19.4. The molecule has 0 aromatic heterocycles. The molecule has 0 bridgehead atoms. The fraction of sp³-hybridized carbons (Fsp3) is 0.440. The Balaban J connectivity index is 1.43. The molecule has 178 valence electrons. The Bertz CT molecular complexity index is 946.